The Kier molecular flexibility index (Phi) is 5.87. The first-order valence-corrected chi connectivity index (χ1v) is 10.2. The van der Waals surface area contributed by atoms with Crippen LogP contribution in [0.4, 0.5) is 10.8 Å². The number of nitrogens with one attached hydrogen (secondary N) is 1. The molecule has 0 atom stereocenters. The molecule has 0 unspecified atom stereocenters. The minimum atomic E-state index is -0.616. The molecule has 0 radical (unpaired) electrons. The number of nitriles is 1. The van der Waals surface area contributed by atoms with Gasteiger partial charge in [-0.25, -0.2) is 4.98 Å². The Balaban J connectivity index is 1.51. The van der Waals surface area contributed by atoms with Crippen LogP contribution in [0.1, 0.15) is 5.76 Å². The average molecular weight is 442 g/mol. The number of anilines is 1. The maximum absolute atomic E-state index is 12.5. The van der Waals surface area contributed by atoms with Crippen molar-refractivity contribution in [3.05, 3.63) is 93.6 Å². The molecule has 9 heteroatoms. The Morgan fingerprint density at radius 1 is 1.12 bits per heavy atom. The van der Waals surface area contributed by atoms with E-state index in [-0.39, 0.29) is 17.0 Å². The predicted octanol–water partition coefficient (Wildman–Crippen LogP) is 5.52. The first kappa shape index (κ1) is 20.7. The van der Waals surface area contributed by atoms with Gasteiger partial charge in [-0.05, 0) is 12.1 Å². The molecule has 1 N–H and O–H groups in total. The zero-order chi connectivity index (χ0) is 22.5. The molecule has 8 nitrogen and oxygen atoms in total. The van der Waals surface area contributed by atoms with Crippen molar-refractivity contribution in [2.24, 2.45) is 0 Å². The lowest BCUT2D eigenvalue weighted by atomic mass is 10.1. The zero-order valence-electron chi connectivity index (χ0n) is 16.4. The van der Waals surface area contributed by atoms with E-state index in [4.69, 9.17) is 4.42 Å². The second kappa shape index (κ2) is 9.07. The second-order valence-corrected chi connectivity index (χ2v) is 7.40. The maximum Gasteiger partial charge on any atom is 0.270 e. The number of hydrogen-bond acceptors (Lipinski definition) is 7. The van der Waals surface area contributed by atoms with Crippen molar-refractivity contribution in [2.75, 3.05) is 5.32 Å². The van der Waals surface area contributed by atoms with Gasteiger partial charge in [0.15, 0.2) is 5.13 Å². The third-order valence-electron chi connectivity index (χ3n) is 4.41. The molecule has 156 valence electrons. The number of nitro groups is 1. The number of nitrogens with zero attached hydrogens (tertiary/aromatic N) is 3. The predicted molar refractivity (Wildman–Crippen MR) is 121 cm³/mol. The van der Waals surface area contributed by atoms with Gasteiger partial charge in [-0.1, -0.05) is 42.5 Å². The topological polar surface area (TPSA) is 122 Å². The molecule has 1 amide bonds. The highest BCUT2D eigenvalue weighted by Crippen LogP contribution is 2.27. The normalized spacial score (nSPS) is 11.0. The standard InChI is InChI=1S/C23H14N4O4S/c24-13-17(22(28)26-23-25-20(14-32-23)15-5-2-1-3-6-15)12-19-9-10-21(31-19)16-7-4-8-18(11-16)27(29)30/h1-12,14H,(H,25,26,28). The van der Waals surface area contributed by atoms with Crippen LogP contribution in [0.25, 0.3) is 28.7 Å². The molecule has 0 fully saturated rings. The number of non-ortho nitro benzene ring substituents is 1. The summed E-state index contributed by atoms with van der Waals surface area (Å²) in [6.07, 6.45) is 1.31. The van der Waals surface area contributed by atoms with Crippen LogP contribution in [-0.4, -0.2) is 15.8 Å². The zero-order valence-corrected chi connectivity index (χ0v) is 17.2. The lowest BCUT2D eigenvalue weighted by Crippen LogP contribution is -2.13. The van der Waals surface area contributed by atoms with E-state index in [1.54, 1.807) is 24.3 Å². The quantitative estimate of drug-likeness (QED) is 0.181. The molecule has 0 saturated carbocycles. The van der Waals surface area contributed by atoms with E-state index >= 15 is 0 Å². The van der Waals surface area contributed by atoms with Gasteiger partial charge in [0.1, 0.15) is 23.2 Å². The molecular weight excluding hydrogens is 428 g/mol. The molecule has 32 heavy (non-hydrogen) atoms. The lowest BCUT2D eigenvalue weighted by Gasteiger charge is -2.00. The van der Waals surface area contributed by atoms with E-state index in [9.17, 15) is 20.2 Å². The SMILES string of the molecule is N#CC(=Cc1ccc(-c2cccc([N+](=O)[O-])c2)o1)C(=O)Nc1nc(-c2ccccc2)cs1. The van der Waals surface area contributed by atoms with Crippen LogP contribution in [0, 0.1) is 21.4 Å². The van der Waals surface area contributed by atoms with Gasteiger partial charge in [-0.3, -0.25) is 20.2 Å². The molecular formula is C23H14N4O4S. The van der Waals surface area contributed by atoms with E-state index in [1.807, 2.05) is 41.8 Å². The third-order valence-corrected chi connectivity index (χ3v) is 5.17. The van der Waals surface area contributed by atoms with Crippen LogP contribution in [-0.2, 0) is 4.79 Å². The number of furan rings is 1. The Labute approximate surface area is 186 Å². The Bertz CT molecular complexity index is 1370. The number of amides is 1. The molecule has 0 aliphatic heterocycles. The van der Waals surface area contributed by atoms with Crippen molar-refractivity contribution in [2.45, 2.75) is 0 Å². The summed E-state index contributed by atoms with van der Waals surface area (Å²) in [7, 11) is 0. The smallest absolute Gasteiger partial charge is 0.270 e. The van der Waals surface area contributed by atoms with Crippen LogP contribution < -0.4 is 5.32 Å². The van der Waals surface area contributed by atoms with E-state index in [0.29, 0.717) is 16.5 Å². The van der Waals surface area contributed by atoms with Crippen LogP contribution in [0.15, 0.2) is 82.1 Å². The van der Waals surface area contributed by atoms with Crippen molar-refractivity contribution in [1.29, 1.82) is 5.26 Å². The van der Waals surface area contributed by atoms with Gasteiger partial charge >= 0.3 is 0 Å². The average Bonchev–Trinajstić information content (AvgIpc) is 3.48. The van der Waals surface area contributed by atoms with Gasteiger partial charge in [0.2, 0.25) is 0 Å². The molecule has 0 aliphatic carbocycles. The van der Waals surface area contributed by atoms with E-state index < -0.39 is 10.8 Å². The first-order valence-electron chi connectivity index (χ1n) is 9.32. The first-order chi connectivity index (χ1) is 15.5. The Morgan fingerprint density at radius 2 is 1.91 bits per heavy atom. The molecule has 0 saturated heterocycles. The third kappa shape index (κ3) is 4.61. The van der Waals surface area contributed by atoms with Crippen molar-refractivity contribution < 1.29 is 14.1 Å². The summed E-state index contributed by atoms with van der Waals surface area (Å²) in [6, 6.07) is 20.6. The molecule has 4 rings (SSSR count). The number of hydrogen-bond donors (Lipinski definition) is 1. The summed E-state index contributed by atoms with van der Waals surface area (Å²) in [5, 5.41) is 25.2. The Morgan fingerprint density at radius 3 is 2.66 bits per heavy atom. The number of carbonyl (C=O) groups excluding carboxylic acids is 1. The fourth-order valence-corrected chi connectivity index (χ4v) is 3.60. The summed E-state index contributed by atoms with van der Waals surface area (Å²) in [6.45, 7) is 0. The van der Waals surface area contributed by atoms with Crippen molar-refractivity contribution in [3.8, 4) is 28.7 Å². The molecule has 4 aromatic rings. The monoisotopic (exact) mass is 442 g/mol. The molecule has 2 aromatic carbocycles. The maximum atomic E-state index is 12.5. The number of thiazole rings is 1. The van der Waals surface area contributed by atoms with Crippen LogP contribution >= 0.6 is 11.3 Å². The molecule has 0 bridgehead atoms. The number of aromatic nitrogens is 1. The minimum Gasteiger partial charge on any atom is -0.457 e. The fourth-order valence-electron chi connectivity index (χ4n) is 2.89. The van der Waals surface area contributed by atoms with Gasteiger partial charge in [0, 0.05) is 34.7 Å². The van der Waals surface area contributed by atoms with Crippen molar-refractivity contribution in [3.63, 3.8) is 0 Å². The summed E-state index contributed by atoms with van der Waals surface area (Å²) < 4.78 is 5.66. The number of nitro benzene ring substituents is 1. The van der Waals surface area contributed by atoms with Crippen LogP contribution in [0.3, 0.4) is 0 Å². The van der Waals surface area contributed by atoms with E-state index in [2.05, 4.69) is 10.3 Å². The van der Waals surface area contributed by atoms with Gasteiger partial charge in [0.25, 0.3) is 11.6 Å². The number of carbonyl (C=O) groups is 1. The lowest BCUT2D eigenvalue weighted by molar-refractivity contribution is -0.384. The second-order valence-electron chi connectivity index (χ2n) is 6.54. The Hall–Kier alpha value is -4.55. The molecule has 2 heterocycles. The number of benzene rings is 2. The van der Waals surface area contributed by atoms with Gasteiger partial charge in [-0.2, -0.15) is 5.26 Å². The summed E-state index contributed by atoms with van der Waals surface area (Å²) in [5.41, 5.74) is 1.93. The highest BCUT2D eigenvalue weighted by molar-refractivity contribution is 7.14. The van der Waals surface area contributed by atoms with Gasteiger partial charge in [-0.15, -0.1) is 11.3 Å². The van der Waals surface area contributed by atoms with E-state index in [1.165, 1.54) is 29.5 Å². The van der Waals surface area contributed by atoms with Crippen molar-refractivity contribution >= 4 is 34.1 Å². The number of rotatable bonds is 6. The van der Waals surface area contributed by atoms with E-state index in [0.717, 1.165) is 11.3 Å². The summed E-state index contributed by atoms with van der Waals surface area (Å²) in [4.78, 5) is 27.4. The van der Waals surface area contributed by atoms with Gasteiger partial charge in [0.05, 0.1) is 10.6 Å². The highest BCUT2D eigenvalue weighted by Gasteiger charge is 2.15. The largest absolute Gasteiger partial charge is 0.457 e. The van der Waals surface area contributed by atoms with Crippen LogP contribution in [0.5, 0.6) is 0 Å². The minimum absolute atomic E-state index is 0.0635. The summed E-state index contributed by atoms with van der Waals surface area (Å²) in [5.74, 6) is 0.0298. The van der Waals surface area contributed by atoms with Crippen LogP contribution in [0.2, 0.25) is 0 Å². The fraction of sp³-hybridized carbons (Fsp3) is 0. The highest BCUT2D eigenvalue weighted by atomic mass is 32.1. The van der Waals surface area contributed by atoms with Crippen molar-refractivity contribution in [1.82, 2.24) is 4.98 Å². The molecule has 0 aliphatic rings. The van der Waals surface area contributed by atoms with Gasteiger partial charge < -0.3 is 4.42 Å². The summed E-state index contributed by atoms with van der Waals surface area (Å²) >= 11 is 1.25. The molecule has 0 spiro atoms. The molecule has 2 aromatic heterocycles.